The van der Waals surface area contributed by atoms with E-state index in [-0.39, 0.29) is 6.42 Å². The van der Waals surface area contributed by atoms with Crippen LogP contribution in [-0.4, -0.2) is 40.8 Å². The second kappa shape index (κ2) is 6.11. The molecule has 5 N–H and O–H groups in total. The summed E-state index contributed by atoms with van der Waals surface area (Å²) in [5.74, 6) is -1.92. The molecule has 0 aliphatic carbocycles. The number of amides is 1. The number of carboxylic acid groups (broad SMARTS) is 1. The lowest BCUT2D eigenvalue weighted by Gasteiger charge is -2.14. The van der Waals surface area contributed by atoms with Crippen molar-refractivity contribution in [1.29, 1.82) is 0 Å². The summed E-state index contributed by atoms with van der Waals surface area (Å²) in [7, 11) is 0. The minimum absolute atomic E-state index is 0.254. The first kappa shape index (κ1) is 12.6. The Bertz CT molecular complexity index is 229. The van der Waals surface area contributed by atoms with Crippen LogP contribution >= 0.6 is 0 Å². The molecule has 6 heteroatoms. The van der Waals surface area contributed by atoms with Crippen LogP contribution in [0.2, 0.25) is 0 Å². The van der Waals surface area contributed by atoms with Gasteiger partial charge >= 0.3 is 5.97 Å². The zero-order valence-electron chi connectivity index (χ0n) is 7.64. The molecule has 0 rings (SSSR count). The van der Waals surface area contributed by atoms with E-state index in [1.54, 1.807) is 0 Å². The number of carbonyl (C=O) groups is 2. The third kappa shape index (κ3) is 4.01. The lowest BCUT2D eigenvalue weighted by molar-refractivity contribution is -0.143. The van der Waals surface area contributed by atoms with Gasteiger partial charge in [-0.15, -0.1) is 6.58 Å². The minimum Gasteiger partial charge on any atom is -0.480 e. The second-order valence-electron chi connectivity index (χ2n) is 2.71. The summed E-state index contributed by atoms with van der Waals surface area (Å²) in [5.41, 5.74) is 5.37. The molecular formula is C8H14N2O4. The number of aliphatic hydroxyl groups is 1. The molecule has 0 saturated heterocycles. The Balaban J connectivity index is 4.14. The first-order chi connectivity index (χ1) is 6.52. The van der Waals surface area contributed by atoms with E-state index in [1.807, 2.05) is 0 Å². The molecule has 0 heterocycles. The van der Waals surface area contributed by atoms with E-state index < -0.39 is 30.6 Å². The van der Waals surface area contributed by atoms with E-state index in [9.17, 15) is 9.59 Å². The van der Waals surface area contributed by atoms with E-state index >= 15 is 0 Å². The quantitative estimate of drug-likeness (QED) is 0.389. The Kier molecular flexibility index (Phi) is 5.50. The van der Waals surface area contributed by atoms with Gasteiger partial charge in [0.25, 0.3) is 0 Å². The molecule has 0 saturated carbocycles. The maximum absolute atomic E-state index is 11.1. The fourth-order valence-corrected chi connectivity index (χ4v) is 0.751. The molecule has 0 aromatic heterocycles. The van der Waals surface area contributed by atoms with Crippen LogP contribution in [0.1, 0.15) is 6.42 Å². The van der Waals surface area contributed by atoms with Crippen LogP contribution in [0.25, 0.3) is 0 Å². The van der Waals surface area contributed by atoms with Gasteiger partial charge in [0, 0.05) is 0 Å². The van der Waals surface area contributed by atoms with Crippen LogP contribution in [0, 0.1) is 0 Å². The minimum atomic E-state index is -1.31. The summed E-state index contributed by atoms with van der Waals surface area (Å²) in [6.45, 7) is 2.73. The smallest absolute Gasteiger partial charge is 0.328 e. The van der Waals surface area contributed by atoms with Gasteiger partial charge in [-0.1, -0.05) is 6.08 Å². The highest BCUT2D eigenvalue weighted by Gasteiger charge is 2.21. The summed E-state index contributed by atoms with van der Waals surface area (Å²) < 4.78 is 0. The van der Waals surface area contributed by atoms with Crippen molar-refractivity contribution in [3.8, 4) is 0 Å². The molecule has 2 atom stereocenters. The van der Waals surface area contributed by atoms with Gasteiger partial charge in [-0.3, -0.25) is 4.79 Å². The Hall–Kier alpha value is -1.40. The molecule has 6 nitrogen and oxygen atoms in total. The number of nitrogens with one attached hydrogen (secondary N) is 1. The zero-order valence-corrected chi connectivity index (χ0v) is 7.64. The number of nitrogens with two attached hydrogens (primary N) is 1. The SMILES string of the molecule is C=CCC(N)C(=O)N[C@@H](CO)C(=O)O. The van der Waals surface area contributed by atoms with Crippen molar-refractivity contribution in [2.75, 3.05) is 6.61 Å². The van der Waals surface area contributed by atoms with Crippen LogP contribution in [0.15, 0.2) is 12.7 Å². The molecule has 1 amide bonds. The predicted molar refractivity (Wildman–Crippen MR) is 49.4 cm³/mol. The number of hydrogen-bond donors (Lipinski definition) is 4. The van der Waals surface area contributed by atoms with Gasteiger partial charge < -0.3 is 21.3 Å². The molecule has 0 spiro atoms. The highest BCUT2D eigenvalue weighted by molar-refractivity contribution is 5.86. The van der Waals surface area contributed by atoms with Gasteiger partial charge in [0.2, 0.25) is 5.91 Å². The lowest BCUT2D eigenvalue weighted by Crippen LogP contribution is -2.49. The van der Waals surface area contributed by atoms with Gasteiger partial charge in [0.15, 0.2) is 0 Å². The summed E-state index contributed by atoms with van der Waals surface area (Å²) in [4.78, 5) is 21.6. The topological polar surface area (TPSA) is 113 Å². The fraction of sp³-hybridized carbons (Fsp3) is 0.500. The summed E-state index contributed by atoms with van der Waals surface area (Å²) >= 11 is 0. The number of carbonyl (C=O) groups excluding carboxylic acids is 1. The van der Waals surface area contributed by atoms with Gasteiger partial charge in [-0.05, 0) is 6.42 Å². The molecule has 0 fully saturated rings. The van der Waals surface area contributed by atoms with Gasteiger partial charge in [-0.25, -0.2) is 4.79 Å². The molecule has 0 bridgehead atoms. The van der Waals surface area contributed by atoms with Gasteiger partial charge in [-0.2, -0.15) is 0 Å². The Morgan fingerprint density at radius 3 is 2.50 bits per heavy atom. The summed E-state index contributed by atoms with van der Waals surface area (Å²) in [6.07, 6.45) is 1.71. The Labute approximate surface area is 81.4 Å². The van der Waals surface area contributed by atoms with Crippen molar-refractivity contribution in [1.82, 2.24) is 5.32 Å². The van der Waals surface area contributed by atoms with Crippen molar-refractivity contribution in [3.63, 3.8) is 0 Å². The lowest BCUT2D eigenvalue weighted by atomic mass is 10.2. The van der Waals surface area contributed by atoms with Crippen molar-refractivity contribution in [3.05, 3.63) is 12.7 Å². The van der Waals surface area contributed by atoms with Gasteiger partial charge in [0.05, 0.1) is 12.6 Å². The summed E-state index contributed by atoms with van der Waals surface area (Å²) in [6, 6.07) is -2.14. The van der Waals surface area contributed by atoms with Gasteiger partial charge in [0.1, 0.15) is 6.04 Å². The predicted octanol–water partition coefficient (Wildman–Crippen LogP) is -1.55. The second-order valence-corrected chi connectivity index (χ2v) is 2.71. The van der Waals surface area contributed by atoms with Crippen molar-refractivity contribution < 1.29 is 19.8 Å². The number of carboxylic acids is 1. The third-order valence-corrected chi connectivity index (χ3v) is 1.55. The maximum Gasteiger partial charge on any atom is 0.328 e. The molecule has 0 aromatic carbocycles. The van der Waals surface area contributed by atoms with Crippen LogP contribution in [-0.2, 0) is 9.59 Å². The van der Waals surface area contributed by atoms with Crippen LogP contribution < -0.4 is 11.1 Å². The highest BCUT2D eigenvalue weighted by Crippen LogP contribution is 1.91. The first-order valence-corrected chi connectivity index (χ1v) is 4.03. The molecule has 80 valence electrons. The van der Waals surface area contributed by atoms with E-state index in [2.05, 4.69) is 11.9 Å². The molecule has 1 unspecified atom stereocenters. The van der Waals surface area contributed by atoms with E-state index in [1.165, 1.54) is 6.08 Å². The van der Waals surface area contributed by atoms with Crippen LogP contribution in [0.5, 0.6) is 0 Å². The average Bonchev–Trinajstić information content (AvgIpc) is 2.13. The fourth-order valence-electron chi connectivity index (χ4n) is 0.751. The Morgan fingerprint density at radius 2 is 2.14 bits per heavy atom. The number of hydrogen-bond acceptors (Lipinski definition) is 4. The number of rotatable bonds is 6. The maximum atomic E-state index is 11.1. The van der Waals surface area contributed by atoms with E-state index in [4.69, 9.17) is 15.9 Å². The Morgan fingerprint density at radius 1 is 1.57 bits per heavy atom. The number of aliphatic hydroxyl groups excluding tert-OH is 1. The molecular weight excluding hydrogens is 188 g/mol. The normalized spacial score (nSPS) is 14.1. The van der Waals surface area contributed by atoms with Crippen LogP contribution in [0.4, 0.5) is 0 Å². The largest absolute Gasteiger partial charge is 0.480 e. The molecule has 0 aliphatic heterocycles. The van der Waals surface area contributed by atoms with Crippen molar-refractivity contribution in [2.45, 2.75) is 18.5 Å². The van der Waals surface area contributed by atoms with Crippen LogP contribution in [0.3, 0.4) is 0 Å². The zero-order chi connectivity index (χ0) is 11.1. The monoisotopic (exact) mass is 202 g/mol. The van der Waals surface area contributed by atoms with Crippen molar-refractivity contribution in [2.24, 2.45) is 5.73 Å². The molecule has 0 aliphatic rings. The summed E-state index contributed by atoms with van der Waals surface area (Å²) in [5, 5.41) is 19.2. The highest BCUT2D eigenvalue weighted by atomic mass is 16.4. The molecule has 0 aromatic rings. The molecule has 14 heavy (non-hydrogen) atoms. The van der Waals surface area contributed by atoms with Crippen molar-refractivity contribution >= 4 is 11.9 Å². The number of aliphatic carboxylic acids is 1. The third-order valence-electron chi connectivity index (χ3n) is 1.55. The van der Waals surface area contributed by atoms with E-state index in [0.29, 0.717) is 0 Å². The molecule has 0 radical (unpaired) electrons. The average molecular weight is 202 g/mol. The first-order valence-electron chi connectivity index (χ1n) is 4.03. The standard InChI is InChI=1S/C8H14N2O4/c1-2-3-5(9)7(12)10-6(4-11)8(13)14/h2,5-6,11H,1,3-4,9H2,(H,10,12)(H,13,14)/t5?,6-/m0/s1. The van der Waals surface area contributed by atoms with E-state index in [0.717, 1.165) is 0 Å².